The minimum atomic E-state index is -0.768. The summed E-state index contributed by atoms with van der Waals surface area (Å²) < 4.78 is 0.847. The van der Waals surface area contributed by atoms with Crippen molar-refractivity contribution in [3.8, 4) is 0 Å². The molecule has 0 saturated carbocycles. The molecule has 0 aliphatic heterocycles. The molecule has 0 aliphatic carbocycles. The van der Waals surface area contributed by atoms with Gasteiger partial charge in [-0.1, -0.05) is 13.3 Å². The summed E-state index contributed by atoms with van der Waals surface area (Å²) in [5.74, 6) is -0.768. The molecule has 16 heavy (non-hydrogen) atoms. The fraction of sp³-hybridized carbons (Fsp3) is 0.364. The van der Waals surface area contributed by atoms with Gasteiger partial charge < -0.3 is 10.8 Å². The maximum Gasteiger partial charge on any atom is 0.316 e. The molecule has 3 nitrogen and oxygen atoms in total. The normalized spacial score (nSPS) is 12.4. The Morgan fingerprint density at radius 2 is 2.31 bits per heavy atom. The van der Waals surface area contributed by atoms with Crippen LogP contribution in [-0.2, 0) is 4.79 Å². The van der Waals surface area contributed by atoms with E-state index >= 15 is 0 Å². The summed E-state index contributed by atoms with van der Waals surface area (Å²) in [6, 6.07) is 5.40. The van der Waals surface area contributed by atoms with E-state index in [1.807, 2.05) is 13.0 Å². The topological polar surface area (TPSA) is 63.3 Å². The van der Waals surface area contributed by atoms with Gasteiger partial charge in [0, 0.05) is 15.1 Å². The van der Waals surface area contributed by atoms with Crippen LogP contribution in [0.4, 0.5) is 5.69 Å². The number of carboxylic acids is 1. The fourth-order valence-electron chi connectivity index (χ4n) is 1.26. The molecular formula is C11H14BrNO2S. The Morgan fingerprint density at radius 3 is 2.81 bits per heavy atom. The second-order valence-electron chi connectivity index (χ2n) is 3.42. The van der Waals surface area contributed by atoms with Crippen molar-refractivity contribution >= 4 is 39.3 Å². The van der Waals surface area contributed by atoms with Gasteiger partial charge in [-0.15, -0.1) is 11.8 Å². The monoisotopic (exact) mass is 303 g/mol. The molecule has 0 aromatic heterocycles. The number of hydrogen-bond acceptors (Lipinski definition) is 3. The van der Waals surface area contributed by atoms with Crippen LogP contribution in [0.3, 0.4) is 0 Å². The number of thioether (sulfide) groups is 1. The van der Waals surface area contributed by atoms with Gasteiger partial charge in [-0.05, 0) is 40.5 Å². The molecule has 1 unspecified atom stereocenters. The Labute approximate surface area is 108 Å². The van der Waals surface area contributed by atoms with E-state index in [4.69, 9.17) is 10.8 Å². The number of anilines is 1. The molecule has 0 spiro atoms. The number of carboxylic acid groups (broad SMARTS) is 1. The molecular weight excluding hydrogens is 290 g/mol. The van der Waals surface area contributed by atoms with E-state index in [2.05, 4.69) is 15.9 Å². The Morgan fingerprint density at radius 1 is 1.62 bits per heavy atom. The molecule has 1 aromatic rings. The summed E-state index contributed by atoms with van der Waals surface area (Å²) in [6.45, 7) is 1.98. The van der Waals surface area contributed by atoms with Gasteiger partial charge in [0.25, 0.3) is 0 Å². The highest BCUT2D eigenvalue weighted by molar-refractivity contribution is 9.10. The van der Waals surface area contributed by atoms with Crippen LogP contribution in [0.15, 0.2) is 27.6 Å². The van der Waals surface area contributed by atoms with Gasteiger partial charge in [0.15, 0.2) is 0 Å². The summed E-state index contributed by atoms with van der Waals surface area (Å²) in [7, 11) is 0. The van der Waals surface area contributed by atoms with Crippen LogP contribution < -0.4 is 5.73 Å². The van der Waals surface area contributed by atoms with E-state index in [1.165, 1.54) is 11.8 Å². The SMILES string of the molecule is CCCC(Sc1ccc(N)cc1Br)C(=O)O. The van der Waals surface area contributed by atoms with Crippen LogP contribution in [0, 0.1) is 0 Å². The summed E-state index contributed by atoms with van der Waals surface area (Å²) in [5, 5.41) is 8.65. The maximum absolute atomic E-state index is 11.0. The van der Waals surface area contributed by atoms with E-state index in [-0.39, 0.29) is 0 Å². The first-order valence-electron chi connectivity index (χ1n) is 4.99. The van der Waals surface area contributed by atoms with E-state index in [0.717, 1.165) is 15.8 Å². The predicted molar refractivity (Wildman–Crippen MR) is 70.7 cm³/mol. The van der Waals surface area contributed by atoms with Crippen LogP contribution in [-0.4, -0.2) is 16.3 Å². The second kappa shape index (κ2) is 6.15. The van der Waals surface area contributed by atoms with Crippen molar-refractivity contribution in [2.75, 3.05) is 5.73 Å². The van der Waals surface area contributed by atoms with Crippen molar-refractivity contribution in [1.82, 2.24) is 0 Å². The van der Waals surface area contributed by atoms with E-state index < -0.39 is 11.2 Å². The predicted octanol–water partition coefficient (Wildman–Crippen LogP) is 3.38. The number of halogens is 1. The molecule has 0 heterocycles. The van der Waals surface area contributed by atoms with Crippen molar-refractivity contribution in [2.45, 2.75) is 29.9 Å². The van der Waals surface area contributed by atoms with Gasteiger partial charge in [-0.25, -0.2) is 0 Å². The molecule has 0 bridgehead atoms. The molecule has 0 radical (unpaired) electrons. The molecule has 1 rings (SSSR count). The average Bonchev–Trinajstić information content (AvgIpc) is 2.20. The number of aliphatic carboxylic acids is 1. The number of rotatable bonds is 5. The first kappa shape index (κ1) is 13.4. The zero-order valence-corrected chi connectivity index (χ0v) is 11.3. The summed E-state index contributed by atoms with van der Waals surface area (Å²) in [4.78, 5) is 11.9. The number of nitrogens with two attached hydrogens (primary N) is 1. The Kier molecular flexibility index (Phi) is 5.15. The number of nitrogen functional groups attached to an aromatic ring is 1. The highest BCUT2D eigenvalue weighted by Gasteiger charge is 2.18. The summed E-state index contributed by atoms with van der Waals surface area (Å²) in [5.41, 5.74) is 6.29. The van der Waals surface area contributed by atoms with Crippen molar-refractivity contribution < 1.29 is 9.90 Å². The van der Waals surface area contributed by atoms with Crippen LogP contribution in [0.2, 0.25) is 0 Å². The van der Waals surface area contributed by atoms with Gasteiger partial charge in [0.1, 0.15) is 5.25 Å². The number of benzene rings is 1. The summed E-state index contributed by atoms with van der Waals surface area (Å²) >= 11 is 4.74. The largest absolute Gasteiger partial charge is 0.480 e. The highest BCUT2D eigenvalue weighted by Crippen LogP contribution is 2.33. The van der Waals surface area contributed by atoms with Crippen LogP contribution >= 0.6 is 27.7 Å². The molecule has 3 N–H and O–H groups in total. The molecule has 0 amide bonds. The molecule has 0 saturated heterocycles. The lowest BCUT2D eigenvalue weighted by atomic mass is 10.2. The third-order valence-electron chi connectivity index (χ3n) is 2.05. The number of carbonyl (C=O) groups is 1. The van der Waals surface area contributed by atoms with Crippen LogP contribution in [0.5, 0.6) is 0 Å². The molecule has 88 valence electrons. The smallest absolute Gasteiger partial charge is 0.316 e. The second-order valence-corrected chi connectivity index (χ2v) is 5.52. The summed E-state index contributed by atoms with van der Waals surface area (Å²) in [6.07, 6.45) is 1.52. The van der Waals surface area contributed by atoms with Crippen molar-refractivity contribution in [1.29, 1.82) is 0 Å². The fourth-order valence-corrected chi connectivity index (χ4v) is 3.02. The van der Waals surface area contributed by atoms with E-state index in [1.54, 1.807) is 12.1 Å². The Hall–Kier alpha value is -0.680. The highest BCUT2D eigenvalue weighted by atomic mass is 79.9. The van der Waals surface area contributed by atoms with Gasteiger partial charge >= 0.3 is 5.97 Å². The molecule has 1 aromatic carbocycles. The van der Waals surface area contributed by atoms with Crippen LogP contribution in [0.1, 0.15) is 19.8 Å². The van der Waals surface area contributed by atoms with Gasteiger partial charge in [-0.2, -0.15) is 0 Å². The number of hydrogen-bond donors (Lipinski definition) is 2. The zero-order chi connectivity index (χ0) is 12.1. The van der Waals surface area contributed by atoms with Gasteiger partial charge in [-0.3, -0.25) is 4.79 Å². The first-order valence-corrected chi connectivity index (χ1v) is 6.66. The van der Waals surface area contributed by atoms with Crippen molar-refractivity contribution in [3.05, 3.63) is 22.7 Å². The quantitative estimate of drug-likeness (QED) is 0.646. The molecule has 0 fully saturated rings. The van der Waals surface area contributed by atoms with E-state index in [0.29, 0.717) is 12.1 Å². The lowest BCUT2D eigenvalue weighted by molar-refractivity contribution is -0.136. The van der Waals surface area contributed by atoms with Gasteiger partial charge in [0.2, 0.25) is 0 Å². The maximum atomic E-state index is 11.0. The van der Waals surface area contributed by atoms with Crippen LogP contribution in [0.25, 0.3) is 0 Å². The standard InChI is InChI=1S/C11H14BrNO2S/c1-2-3-10(11(14)15)16-9-5-4-7(13)6-8(9)12/h4-6,10H,2-3,13H2,1H3,(H,14,15). The minimum Gasteiger partial charge on any atom is -0.480 e. The average molecular weight is 304 g/mol. The third kappa shape index (κ3) is 3.72. The lowest BCUT2D eigenvalue weighted by Gasteiger charge is -2.12. The zero-order valence-electron chi connectivity index (χ0n) is 8.94. The lowest BCUT2D eigenvalue weighted by Crippen LogP contribution is -2.15. The third-order valence-corrected chi connectivity index (χ3v) is 4.30. The minimum absolute atomic E-state index is 0.398. The first-order chi connectivity index (χ1) is 7.54. The molecule has 5 heteroatoms. The van der Waals surface area contributed by atoms with Crippen molar-refractivity contribution in [2.24, 2.45) is 0 Å². The molecule has 0 aliphatic rings. The van der Waals surface area contributed by atoms with E-state index in [9.17, 15) is 4.79 Å². The van der Waals surface area contributed by atoms with Crippen molar-refractivity contribution in [3.63, 3.8) is 0 Å². The Bertz CT molecular complexity index is 384. The Balaban J connectivity index is 2.81. The molecule has 1 atom stereocenters. The van der Waals surface area contributed by atoms with Gasteiger partial charge in [0.05, 0.1) is 0 Å².